The van der Waals surface area contributed by atoms with E-state index in [1.807, 2.05) is 13.8 Å². The standard InChI is InChI=1S/C30H38FN.C3H8/c1-8-11-23(12-9-2)27-18-28-26(15-22(27)10-3)16-25(17-29(28)31)24-13-20(6)30(21(7)14-24)32-19(4)5;1-3-2/h13-18,23H,8-12H2,1-7H3;3H2,1-2H3. The van der Waals surface area contributed by atoms with Crippen LogP contribution in [0.25, 0.3) is 21.9 Å². The summed E-state index contributed by atoms with van der Waals surface area (Å²) in [6.07, 6.45) is 6.86. The third-order valence-electron chi connectivity index (χ3n) is 6.42. The molecule has 0 aliphatic carbocycles. The Morgan fingerprint density at radius 1 is 0.800 bits per heavy atom. The molecular formula is C33H46FN. The van der Waals surface area contributed by atoms with E-state index in [0.29, 0.717) is 5.92 Å². The number of nitrogens with zero attached hydrogens (tertiary/aromatic N) is 1. The largest absolute Gasteiger partial charge is 0.258 e. The van der Waals surface area contributed by atoms with Gasteiger partial charge in [0.2, 0.25) is 0 Å². The topological polar surface area (TPSA) is 12.4 Å². The second kappa shape index (κ2) is 13.6. The van der Waals surface area contributed by atoms with E-state index in [1.54, 1.807) is 6.07 Å². The first kappa shape index (κ1) is 28.8. The summed E-state index contributed by atoms with van der Waals surface area (Å²) in [5, 5.41) is 1.74. The van der Waals surface area contributed by atoms with E-state index >= 15 is 4.39 Å². The number of rotatable bonds is 8. The highest BCUT2D eigenvalue weighted by Crippen LogP contribution is 2.37. The quantitative estimate of drug-likeness (QED) is 0.287. The lowest BCUT2D eigenvalue weighted by atomic mass is 9.84. The normalized spacial score (nSPS) is 10.9. The molecule has 0 atom stereocenters. The number of hydrogen-bond donors (Lipinski definition) is 0. The maximum absolute atomic E-state index is 15.4. The summed E-state index contributed by atoms with van der Waals surface area (Å²) in [6.45, 7) is 19.1. The van der Waals surface area contributed by atoms with Gasteiger partial charge in [0.25, 0.3) is 0 Å². The third-order valence-corrected chi connectivity index (χ3v) is 6.42. The summed E-state index contributed by atoms with van der Waals surface area (Å²) in [7, 11) is 0. The van der Waals surface area contributed by atoms with Crippen LogP contribution in [0.5, 0.6) is 0 Å². The van der Waals surface area contributed by atoms with Crippen LogP contribution >= 0.6 is 0 Å². The maximum atomic E-state index is 15.4. The Balaban J connectivity index is 0.00000137. The van der Waals surface area contributed by atoms with Crippen molar-refractivity contribution in [3.63, 3.8) is 0 Å². The van der Waals surface area contributed by atoms with Crippen LogP contribution in [0.2, 0.25) is 0 Å². The van der Waals surface area contributed by atoms with Crippen molar-refractivity contribution in [3.8, 4) is 11.1 Å². The Labute approximate surface area is 213 Å². The van der Waals surface area contributed by atoms with Crippen LogP contribution in [0.1, 0.15) is 109 Å². The van der Waals surface area contributed by atoms with E-state index in [2.05, 4.69) is 83.8 Å². The summed E-state index contributed by atoms with van der Waals surface area (Å²) in [5.41, 5.74) is 8.97. The monoisotopic (exact) mass is 475 g/mol. The Bertz CT molecular complexity index is 1120. The Hall–Kier alpha value is -2.48. The lowest BCUT2D eigenvalue weighted by Crippen LogP contribution is -2.03. The van der Waals surface area contributed by atoms with Crippen molar-refractivity contribution >= 4 is 22.2 Å². The molecule has 0 saturated carbocycles. The van der Waals surface area contributed by atoms with E-state index < -0.39 is 0 Å². The molecule has 0 aliphatic rings. The molecule has 35 heavy (non-hydrogen) atoms. The van der Waals surface area contributed by atoms with E-state index in [4.69, 9.17) is 0 Å². The summed E-state index contributed by atoms with van der Waals surface area (Å²) in [6, 6.07) is 12.5. The molecule has 0 aliphatic heterocycles. The number of hydrogen-bond acceptors (Lipinski definition) is 1. The van der Waals surface area contributed by atoms with Crippen LogP contribution in [0.15, 0.2) is 41.4 Å². The van der Waals surface area contributed by atoms with Gasteiger partial charge in [0.15, 0.2) is 0 Å². The molecule has 0 spiro atoms. The van der Waals surface area contributed by atoms with Crippen molar-refractivity contribution < 1.29 is 4.39 Å². The lowest BCUT2D eigenvalue weighted by Gasteiger charge is -2.21. The fraction of sp³-hybridized carbons (Fsp3) is 0.485. The van der Waals surface area contributed by atoms with Crippen molar-refractivity contribution in [2.45, 2.75) is 107 Å². The molecule has 0 bridgehead atoms. The molecule has 3 aromatic carbocycles. The van der Waals surface area contributed by atoms with Crippen molar-refractivity contribution in [1.82, 2.24) is 0 Å². The smallest absolute Gasteiger partial charge is 0.131 e. The van der Waals surface area contributed by atoms with E-state index in [0.717, 1.165) is 76.5 Å². The molecule has 0 saturated heterocycles. The molecule has 0 N–H and O–H groups in total. The fourth-order valence-corrected chi connectivity index (χ4v) is 4.96. The highest BCUT2D eigenvalue weighted by atomic mass is 19.1. The van der Waals surface area contributed by atoms with E-state index in [9.17, 15) is 0 Å². The summed E-state index contributed by atoms with van der Waals surface area (Å²) >= 11 is 0. The Kier molecular flexibility index (Phi) is 11.1. The lowest BCUT2D eigenvalue weighted by molar-refractivity contribution is 0.557. The van der Waals surface area contributed by atoms with Gasteiger partial charge in [-0.2, -0.15) is 0 Å². The molecule has 190 valence electrons. The molecule has 0 amide bonds. The first-order chi connectivity index (χ1) is 16.7. The highest BCUT2D eigenvalue weighted by Gasteiger charge is 2.17. The minimum Gasteiger partial charge on any atom is -0.258 e. The van der Waals surface area contributed by atoms with Gasteiger partial charge in [-0.25, -0.2) is 4.39 Å². The van der Waals surface area contributed by atoms with Crippen LogP contribution in [0.4, 0.5) is 10.1 Å². The first-order valence-electron chi connectivity index (χ1n) is 13.6. The Morgan fingerprint density at radius 3 is 1.83 bits per heavy atom. The predicted octanol–water partition coefficient (Wildman–Crippen LogP) is 11.0. The van der Waals surface area contributed by atoms with Gasteiger partial charge in [0, 0.05) is 11.1 Å². The van der Waals surface area contributed by atoms with Crippen molar-refractivity contribution in [3.05, 3.63) is 64.5 Å². The number of benzene rings is 3. The molecule has 0 heterocycles. The van der Waals surface area contributed by atoms with E-state index in [-0.39, 0.29) is 5.82 Å². The van der Waals surface area contributed by atoms with Gasteiger partial charge in [-0.15, -0.1) is 0 Å². The van der Waals surface area contributed by atoms with Gasteiger partial charge >= 0.3 is 0 Å². The highest BCUT2D eigenvalue weighted by molar-refractivity contribution is 5.90. The van der Waals surface area contributed by atoms with Crippen LogP contribution < -0.4 is 0 Å². The van der Waals surface area contributed by atoms with Crippen LogP contribution in [0.3, 0.4) is 0 Å². The van der Waals surface area contributed by atoms with Crippen LogP contribution in [-0.2, 0) is 6.42 Å². The zero-order valence-corrected chi connectivity index (χ0v) is 23.6. The summed E-state index contributed by atoms with van der Waals surface area (Å²) < 4.78 is 15.4. The van der Waals surface area contributed by atoms with Crippen molar-refractivity contribution in [2.75, 3.05) is 0 Å². The van der Waals surface area contributed by atoms with Crippen LogP contribution in [0, 0.1) is 19.7 Å². The molecule has 0 aromatic heterocycles. The zero-order chi connectivity index (χ0) is 26.1. The number of aryl methyl sites for hydroxylation is 3. The van der Waals surface area contributed by atoms with E-state index in [1.165, 1.54) is 17.5 Å². The van der Waals surface area contributed by atoms with Gasteiger partial charge in [-0.1, -0.05) is 59.9 Å². The van der Waals surface area contributed by atoms with Crippen LogP contribution in [-0.4, -0.2) is 5.71 Å². The number of aliphatic imine (C=N–C) groups is 1. The summed E-state index contributed by atoms with van der Waals surface area (Å²) in [5.74, 6) is 0.388. The van der Waals surface area contributed by atoms with Gasteiger partial charge < -0.3 is 0 Å². The molecule has 3 rings (SSSR count). The maximum Gasteiger partial charge on any atom is 0.131 e. The summed E-state index contributed by atoms with van der Waals surface area (Å²) in [4.78, 5) is 4.68. The second-order valence-corrected chi connectivity index (χ2v) is 10.1. The predicted molar refractivity (Wildman–Crippen MR) is 155 cm³/mol. The molecule has 0 unspecified atom stereocenters. The molecule has 0 radical (unpaired) electrons. The van der Waals surface area contributed by atoms with Gasteiger partial charge in [-0.3, -0.25) is 4.99 Å². The fourth-order valence-electron chi connectivity index (χ4n) is 4.96. The SMILES string of the molecule is CCC.CCCC(CCC)c1cc2c(F)cc(-c3cc(C)c(N=C(C)C)c(C)c3)cc2cc1CC. The molecule has 3 aromatic rings. The third kappa shape index (κ3) is 7.26. The first-order valence-corrected chi connectivity index (χ1v) is 13.6. The van der Waals surface area contributed by atoms with Gasteiger partial charge in [0.05, 0.1) is 5.69 Å². The molecular weight excluding hydrogens is 429 g/mol. The van der Waals surface area contributed by atoms with Gasteiger partial charge in [-0.05, 0) is 122 Å². The average molecular weight is 476 g/mol. The van der Waals surface area contributed by atoms with Gasteiger partial charge in [0.1, 0.15) is 5.82 Å². The molecule has 1 nitrogen and oxygen atoms in total. The minimum atomic E-state index is -0.130. The molecule has 2 heteroatoms. The second-order valence-electron chi connectivity index (χ2n) is 10.1. The average Bonchev–Trinajstić information content (AvgIpc) is 2.80. The molecule has 0 fully saturated rings. The zero-order valence-electron chi connectivity index (χ0n) is 23.6. The number of halogens is 1. The number of fused-ring (bicyclic) bond motifs is 1. The minimum absolute atomic E-state index is 0.130. The Morgan fingerprint density at radius 2 is 1.34 bits per heavy atom. The van der Waals surface area contributed by atoms with Crippen molar-refractivity contribution in [1.29, 1.82) is 0 Å². The van der Waals surface area contributed by atoms with Crippen molar-refractivity contribution in [2.24, 2.45) is 4.99 Å².